The van der Waals surface area contributed by atoms with Crippen molar-refractivity contribution in [2.24, 2.45) is 0 Å². The molecule has 0 spiro atoms. The molecule has 0 radical (unpaired) electrons. The molecule has 0 aliphatic heterocycles. The summed E-state index contributed by atoms with van der Waals surface area (Å²) >= 11 is 0. The molecular formula is H20B5K15O25. The number of hydrogen-bond acceptors (Lipinski definition) is 15. The minimum Gasteiger partial charge on any atom is -0.907 e. The molecule has 0 atom stereocenters. The summed E-state index contributed by atoms with van der Waals surface area (Å²) in [5.41, 5.74) is 0. The molecular weight excluding hydrogens is 1040 g/mol. The quantitative estimate of drug-likeness (QED) is 0.203. The minimum atomic E-state index is -2.92. The van der Waals surface area contributed by atoms with Crippen LogP contribution in [0.25, 0.3) is 0 Å². The largest absolute Gasteiger partial charge is 1.00 e. The normalized spacial score (nSPS) is 3.00. The van der Waals surface area contributed by atoms with E-state index in [1.165, 1.54) is 0 Å². The molecule has 0 bridgehead atoms. The molecule has 0 rings (SSSR count). The average molecular weight is 1060 g/mol. The second-order valence-corrected chi connectivity index (χ2v) is 1.44. The summed E-state index contributed by atoms with van der Waals surface area (Å²) in [6.07, 6.45) is 0. The topological polar surface area (TPSA) is 661 Å². The molecule has 45 heteroatoms. The van der Waals surface area contributed by atoms with Gasteiger partial charge in [-0.25, -0.2) is 0 Å². The van der Waals surface area contributed by atoms with Crippen LogP contribution in [-0.2, 0) is 0 Å². The summed E-state index contributed by atoms with van der Waals surface area (Å²) in [6, 6.07) is 0. The molecule has 0 aliphatic carbocycles. The van der Waals surface area contributed by atoms with Gasteiger partial charge in [0.25, 0.3) is 0 Å². The Labute approximate surface area is 902 Å². The van der Waals surface area contributed by atoms with Crippen LogP contribution in [0, 0.1) is 0 Å². The van der Waals surface area contributed by atoms with Gasteiger partial charge in [0.15, 0.2) is 0 Å². The van der Waals surface area contributed by atoms with E-state index in [4.69, 9.17) is 75.4 Å². The zero-order valence-electron chi connectivity index (χ0n) is 29.0. The molecule has 0 heterocycles. The Morgan fingerprint density at radius 1 is 0.133 bits per heavy atom. The van der Waals surface area contributed by atoms with Gasteiger partial charge < -0.3 is 130 Å². The van der Waals surface area contributed by atoms with Crippen LogP contribution >= 0.6 is 0 Å². The molecule has 200 valence electrons. The van der Waals surface area contributed by atoms with Crippen LogP contribution in [0.3, 0.4) is 0 Å². The van der Waals surface area contributed by atoms with E-state index in [1.807, 2.05) is 0 Å². The van der Waals surface area contributed by atoms with Crippen molar-refractivity contribution in [3.8, 4) is 0 Å². The molecule has 0 aliphatic rings. The van der Waals surface area contributed by atoms with Gasteiger partial charge in [-0.05, 0) is 0 Å². The SMILES string of the molecule is O.O.O.O.O.O.O.O.O.O.[K+].[K+].[K+].[K+].[K+].[K+].[K+].[K+].[K+].[K+].[K+].[K+].[K+].[K+].[K+].[O-]B([O-])[O-].[O-]B([O-])[O-].[O-]B([O-])[O-].[O-]B([O-])[O-].[O-]B([O-])[O-]. The van der Waals surface area contributed by atoms with Gasteiger partial charge in [-0.2, -0.15) is 0 Å². The molecule has 0 amide bonds. The van der Waals surface area contributed by atoms with Crippen LogP contribution in [0.15, 0.2) is 0 Å². The van der Waals surface area contributed by atoms with Crippen LogP contribution in [-0.4, -0.2) is 91.4 Å². The summed E-state index contributed by atoms with van der Waals surface area (Å²) in [5.74, 6) is 0. The zero-order valence-corrected chi connectivity index (χ0v) is 75.9. The maximum Gasteiger partial charge on any atom is 1.00 e. The van der Waals surface area contributed by atoms with Crippen molar-refractivity contribution in [3.05, 3.63) is 0 Å². The number of rotatable bonds is 0. The van der Waals surface area contributed by atoms with Crippen LogP contribution in [0.5, 0.6) is 0 Å². The number of hydrogen-bond donors (Lipinski definition) is 0. The Balaban J connectivity index is -0.00000000196. The molecule has 0 aromatic rings. The second-order valence-electron chi connectivity index (χ2n) is 1.44. The summed E-state index contributed by atoms with van der Waals surface area (Å²) in [4.78, 5) is 0. The van der Waals surface area contributed by atoms with E-state index in [9.17, 15) is 0 Å². The van der Waals surface area contributed by atoms with Gasteiger partial charge in [-0.1, -0.05) is 0 Å². The smallest absolute Gasteiger partial charge is 0.907 e. The van der Waals surface area contributed by atoms with Gasteiger partial charge in [-0.15, -0.1) is 0 Å². The fourth-order valence-electron chi connectivity index (χ4n) is 0. The maximum absolute atomic E-state index is 8.42. The van der Waals surface area contributed by atoms with Crippen LogP contribution in [0.2, 0.25) is 0 Å². The van der Waals surface area contributed by atoms with Gasteiger partial charge in [0, 0.05) is 0 Å². The standard InChI is InChI=1S/5BO3.15K.10H2O/c5*2-1(3)4;;;;;;;;;;;;;;;;;;;;;;;;;/h;;;;;;;;;;;;;;;;;;;;10*1H2/q5*-3;15*+1;;;;;;;;;;. The molecule has 0 unspecified atom stereocenters. The first-order chi connectivity index (χ1) is 8.66. The third kappa shape index (κ3) is 517. The predicted molar refractivity (Wildman–Crippen MR) is 64.9 cm³/mol. The Morgan fingerprint density at radius 3 is 0.133 bits per heavy atom. The van der Waals surface area contributed by atoms with E-state index in [1.54, 1.807) is 0 Å². The third-order valence-corrected chi connectivity index (χ3v) is 0. The molecule has 0 aromatic carbocycles. The first-order valence-corrected chi connectivity index (χ1v) is 3.54. The average Bonchev–Trinajstić information content (AvgIpc) is 1.94. The van der Waals surface area contributed by atoms with Crippen molar-refractivity contribution in [2.45, 2.75) is 0 Å². The van der Waals surface area contributed by atoms with E-state index in [-0.39, 0.29) is 826 Å². The van der Waals surface area contributed by atoms with Crippen molar-refractivity contribution in [1.29, 1.82) is 0 Å². The van der Waals surface area contributed by atoms with Crippen molar-refractivity contribution >= 4 is 36.6 Å². The summed E-state index contributed by atoms with van der Waals surface area (Å²) in [7, 11) is -14.6. The fraction of sp³-hybridized carbons (Fsp3) is 0. The summed E-state index contributed by atoms with van der Waals surface area (Å²) in [6.45, 7) is 0. The first-order valence-electron chi connectivity index (χ1n) is 3.54. The first kappa shape index (κ1) is 210. The third-order valence-electron chi connectivity index (χ3n) is 0. The van der Waals surface area contributed by atoms with E-state index in [2.05, 4.69) is 0 Å². The maximum atomic E-state index is 8.42. The Kier molecular flexibility index (Phi) is 937. The van der Waals surface area contributed by atoms with Gasteiger partial charge in [-0.3, -0.25) is 36.6 Å². The molecule has 25 nitrogen and oxygen atoms in total. The Hall–Kier alpha value is 23.9. The van der Waals surface area contributed by atoms with Crippen molar-refractivity contribution in [3.63, 3.8) is 0 Å². The summed E-state index contributed by atoms with van der Waals surface area (Å²) < 4.78 is 0. The van der Waals surface area contributed by atoms with Gasteiger partial charge in [0.05, 0.1) is 0 Å². The van der Waals surface area contributed by atoms with Crippen LogP contribution in [0.1, 0.15) is 0 Å². The van der Waals surface area contributed by atoms with E-state index in [0.717, 1.165) is 0 Å². The van der Waals surface area contributed by atoms with Gasteiger partial charge in [0.1, 0.15) is 0 Å². The fourth-order valence-corrected chi connectivity index (χ4v) is 0. The molecule has 0 fully saturated rings. The van der Waals surface area contributed by atoms with Gasteiger partial charge >= 0.3 is 771 Å². The Morgan fingerprint density at radius 2 is 0.133 bits per heavy atom. The summed E-state index contributed by atoms with van der Waals surface area (Å²) in [5, 5.41) is 126. The van der Waals surface area contributed by atoms with Crippen molar-refractivity contribution < 1.29 is 901 Å². The molecule has 0 saturated heterocycles. The van der Waals surface area contributed by atoms with E-state index < -0.39 is 36.6 Å². The second kappa shape index (κ2) is 201. The minimum absolute atomic E-state index is 0. The zero-order chi connectivity index (χ0) is 17.9. The van der Waals surface area contributed by atoms with E-state index in [0.29, 0.717) is 0 Å². The van der Waals surface area contributed by atoms with E-state index >= 15 is 0 Å². The van der Waals surface area contributed by atoms with Crippen molar-refractivity contribution in [1.82, 2.24) is 0 Å². The van der Waals surface area contributed by atoms with Crippen LogP contribution in [0.4, 0.5) is 0 Å². The van der Waals surface area contributed by atoms with Crippen molar-refractivity contribution in [2.75, 3.05) is 0 Å². The molecule has 0 aromatic heterocycles. The monoisotopic (exact) mass is 1060 g/mol. The van der Waals surface area contributed by atoms with Gasteiger partial charge in [0.2, 0.25) is 0 Å². The Bertz CT molecular complexity index is 119. The molecule has 45 heavy (non-hydrogen) atoms. The van der Waals surface area contributed by atoms with Crippen LogP contribution < -0.4 is 846 Å². The molecule has 0 saturated carbocycles. The molecule has 20 N–H and O–H groups in total. The predicted octanol–water partition coefficient (Wildman–Crippen LogP) is -72.9.